The molecule has 0 aliphatic carbocycles. The average molecular weight is 302 g/mol. The lowest BCUT2D eigenvalue weighted by molar-refractivity contribution is 0.256. The van der Waals surface area contributed by atoms with Gasteiger partial charge in [-0.3, -0.25) is 0 Å². The van der Waals surface area contributed by atoms with Crippen LogP contribution < -0.4 is 10.6 Å². The zero-order chi connectivity index (χ0) is 12.5. The Morgan fingerprint density at radius 2 is 1.94 bits per heavy atom. The Morgan fingerprint density at radius 3 is 2.72 bits per heavy atom. The Kier molecular flexibility index (Phi) is 2.80. The molecule has 18 heavy (non-hydrogen) atoms. The highest BCUT2D eigenvalue weighted by Crippen LogP contribution is 2.34. The third-order valence-corrected chi connectivity index (χ3v) is 3.60. The van der Waals surface area contributed by atoms with Crippen LogP contribution in [0.15, 0.2) is 46.9 Å². The van der Waals surface area contributed by atoms with Gasteiger partial charge in [-0.25, -0.2) is 4.79 Å². The SMILES string of the molecule is O=C1[N]c2cc(Cc3ccccc3)c(Br)cc2N1. The summed E-state index contributed by atoms with van der Waals surface area (Å²) in [7, 11) is 0. The van der Waals surface area contributed by atoms with Gasteiger partial charge in [0, 0.05) is 4.47 Å². The van der Waals surface area contributed by atoms with Crippen LogP contribution in [0, 0.1) is 0 Å². The first-order valence-corrected chi connectivity index (χ1v) is 6.41. The minimum atomic E-state index is -0.297. The average Bonchev–Trinajstić information content (AvgIpc) is 2.70. The van der Waals surface area contributed by atoms with Crippen LogP contribution >= 0.6 is 15.9 Å². The van der Waals surface area contributed by atoms with Crippen LogP contribution in [0.4, 0.5) is 16.2 Å². The maximum Gasteiger partial charge on any atom is 0.346 e. The van der Waals surface area contributed by atoms with Gasteiger partial charge in [-0.05, 0) is 29.7 Å². The molecule has 3 nitrogen and oxygen atoms in total. The molecule has 0 bridgehead atoms. The number of benzene rings is 2. The zero-order valence-corrected chi connectivity index (χ0v) is 11.1. The molecule has 2 amide bonds. The molecule has 0 saturated carbocycles. The van der Waals surface area contributed by atoms with Crippen LogP contribution in [0.3, 0.4) is 0 Å². The van der Waals surface area contributed by atoms with Gasteiger partial charge in [-0.1, -0.05) is 46.3 Å². The summed E-state index contributed by atoms with van der Waals surface area (Å²) in [5.41, 5.74) is 3.84. The summed E-state index contributed by atoms with van der Waals surface area (Å²) in [6.07, 6.45) is 0.818. The minimum Gasteiger partial charge on any atom is -0.304 e. The summed E-state index contributed by atoms with van der Waals surface area (Å²) < 4.78 is 0.988. The fourth-order valence-electron chi connectivity index (χ4n) is 2.00. The number of halogens is 1. The highest BCUT2D eigenvalue weighted by atomic mass is 79.9. The summed E-state index contributed by atoms with van der Waals surface area (Å²) in [6.45, 7) is 0. The number of carbonyl (C=O) groups is 1. The monoisotopic (exact) mass is 301 g/mol. The molecule has 89 valence electrons. The van der Waals surface area contributed by atoms with E-state index >= 15 is 0 Å². The highest BCUT2D eigenvalue weighted by Gasteiger charge is 2.20. The summed E-state index contributed by atoms with van der Waals surface area (Å²) >= 11 is 3.53. The predicted octanol–water partition coefficient (Wildman–Crippen LogP) is 3.82. The third-order valence-electron chi connectivity index (χ3n) is 2.87. The lowest BCUT2D eigenvalue weighted by atomic mass is 10.0. The van der Waals surface area contributed by atoms with E-state index in [0.29, 0.717) is 5.69 Å². The van der Waals surface area contributed by atoms with Crippen molar-refractivity contribution in [2.75, 3.05) is 5.32 Å². The van der Waals surface area contributed by atoms with Crippen molar-refractivity contribution in [1.82, 2.24) is 5.32 Å². The van der Waals surface area contributed by atoms with E-state index in [1.807, 2.05) is 30.3 Å². The van der Waals surface area contributed by atoms with Gasteiger partial charge in [0.25, 0.3) is 0 Å². The van der Waals surface area contributed by atoms with Crippen LogP contribution in [0.25, 0.3) is 0 Å². The van der Waals surface area contributed by atoms with Gasteiger partial charge >= 0.3 is 6.03 Å². The maximum absolute atomic E-state index is 11.2. The Balaban J connectivity index is 1.94. The third kappa shape index (κ3) is 2.11. The molecule has 1 radical (unpaired) electrons. The number of rotatable bonds is 2. The lowest BCUT2D eigenvalue weighted by Gasteiger charge is -2.07. The maximum atomic E-state index is 11.2. The second-order valence-electron chi connectivity index (χ2n) is 4.17. The number of hydrogen-bond donors (Lipinski definition) is 1. The molecular formula is C14H10BrN2O. The van der Waals surface area contributed by atoms with Gasteiger partial charge < -0.3 is 5.32 Å². The number of hydrogen-bond acceptors (Lipinski definition) is 1. The second kappa shape index (κ2) is 4.46. The van der Waals surface area contributed by atoms with Gasteiger partial charge in [-0.15, -0.1) is 0 Å². The molecule has 4 heteroatoms. The second-order valence-corrected chi connectivity index (χ2v) is 5.02. The van der Waals surface area contributed by atoms with Crippen LogP contribution in [-0.2, 0) is 6.42 Å². The van der Waals surface area contributed by atoms with E-state index < -0.39 is 0 Å². The minimum absolute atomic E-state index is 0.297. The first kappa shape index (κ1) is 11.3. The summed E-state index contributed by atoms with van der Waals surface area (Å²) in [4.78, 5) is 11.2. The molecule has 2 aromatic rings. The molecular weight excluding hydrogens is 292 g/mol. The summed E-state index contributed by atoms with van der Waals surface area (Å²) in [5, 5.41) is 6.62. The quantitative estimate of drug-likeness (QED) is 0.900. The molecule has 0 atom stereocenters. The van der Waals surface area contributed by atoms with Gasteiger partial charge in [0.05, 0.1) is 11.4 Å². The van der Waals surface area contributed by atoms with Crippen LogP contribution in [0.5, 0.6) is 0 Å². The molecule has 2 aromatic carbocycles. The highest BCUT2D eigenvalue weighted by molar-refractivity contribution is 9.10. The van der Waals surface area contributed by atoms with Gasteiger partial charge in [0.1, 0.15) is 0 Å². The standard InChI is InChI=1S/C14H10BrN2O/c15-11-8-13-12(16-14(18)17-13)7-10(11)6-9-4-2-1-3-5-9/h1-5,7-8H,6H2,(H,17,18). The lowest BCUT2D eigenvalue weighted by Crippen LogP contribution is -2.08. The molecule has 1 N–H and O–H groups in total. The van der Waals surface area contributed by atoms with Gasteiger partial charge in [0.15, 0.2) is 0 Å². The van der Waals surface area contributed by atoms with Crippen molar-refractivity contribution in [3.8, 4) is 0 Å². The van der Waals surface area contributed by atoms with Crippen molar-refractivity contribution < 1.29 is 4.79 Å². The van der Waals surface area contributed by atoms with Crippen molar-refractivity contribution in [1.29, 1.82) is 0 Å². The molecule has 0 aromatic heterocycles. The van der Waals surface area contributed by atoms with Crippen molar-refractivity contribution in [2.45, 2.75) is 6.42 Å². The van der Waals surface area contributed by atoms with E-state index in [0.717, 1.165) is 22.1 Å². The van der Waals surface area contributed by atoms with Gasteiger partial charge in [-0.2, -0.15) is 5.32 Å². The van der Waals surface area contributed by atoms with Crippen LogP contribution in [0.2, 0.25) is 0 Å². The normalized spacial score (nSPS) is 12.8. The molecule has 1 aliphatic heterocycles. The number of anilines is 1. The fourth-order valence-corrected chi connectivity index (χ4v) is 2.49. The summed E-state index contributed by atoms with van der Waals surface area (Å²) in [6, 6.07) is 13.8. The van der Waals surface area contributed by atoms with Crippen molar-refractivity contribution in [2.24, 2.45) is 0 Å². The first-order chi connectivity index (χ1) is 8.72. The molecule has 0 spiro atoms. The number of urea groups is 1. The number of nitrogens with zero attached hydrogens (tertiary/aromatic N) is 1. The smallest absolute Gasteiger partial charge is 0.304 e. The fraction of sp³-hybridized carbons (Fsp3) is 0.0714. The van der Waals surface area contributed by atoms with Crippen molar-refractivity contribution in [3.63, 3.8) is 0 Å². The molecule has 0 fully saturated rings. The molecule has 0 unspecified atom stereocenters. The van der Waals surface area contributed by atoms with Gasteiger partial charge in [0.2, 0.25) is 0 Å². The van der Waals surface area contributed by atoms with E-state index in [9.17, 15) is 4.79 Å². The number of amides is 2. The Morgan fingerprint density at radius 1 is 1.17 bits per heavy atom. The largest absolute Gasteiger partial charge is 0.346 e. The predicted molar refractivity (Wildman–Crippen MR) is 74.2 cm³/mol. The van der Waals surface area contributed by atoms with Crippen LogP contribution in [0.1, 0.15) is 11.1 Å². The Labute approximate surface area is 113 Å². The molecule has 0 saturated heterocycles. The Hall–Kier alpha value is -1.81. The summed E-state index contributed by atoms with van der Waals surface area (Å²) in [5.74, 6) is 0. The zero-order valence-electron chi connectivity index (χ0n) is 9.48. The number of nitrogens with one attached hydrogen (secondary N) is 1. The molecule has 3 rings (SSSR count). The van der Waals surface area contributed by atoms with E-state index in [2.05, 4.69) is 38.7 Å². The first-order valence-electron chi connectivity index (χ1n) is 5.61. The van der Waals surface area contributed by atoms with Crippen LogP contribution in [-0.4, -0.2) is 6.03 Å². The molecule has 1 heterocycles. The van der Waals surface area contributed by atoms with E-state index in [1.54, 1.807) is 0 Å². The number of fused-ring (bicyclic) bond motifs is 1. The van der Waals surface area contributed by atoms with Crippen molar-refractivity contribution in [3.05, 3.63) is 58.1 Å². The van der Waals surface area contributed by atoms with E-state index in [4.69, 9.17) is 0 Å². The molecule has 1 aliphatic rings. The number of carbonyl (C=O) groups excluding carboxylic acids is 1. The van der Waals surface area contributed by atoms with Crippen molar-refractivity contribution >= 4 is 33.3 Å². The topological polar surface area (TPSA) is 43.2 Å². The van der Waals surface area contributed by atoms with E-state index in [-0.39, 0.29) is 6.03 Å². The van der Waals surface area contributed by atoms with E-state index in [1.165, 1.54) is 5.56 Å². The Bertz CT molecular complexity index is 611.